The molecule has 1 unspecified atom stereocenters. The number of aromatic nitrogens is 1. The quantitative estimate of drug-likeness (QED) is 0.530. The van der Waals surface area contributed by atoms with Gasteiger partial charge in [-0.15, -0.1) is 0 Å². The van der Waals surface area contributed by atoms with Crippen molar-refractivity contribution < 1.29 is 23.6 Å². The Hall–Kier alpha value is -3.19. The molecule has 6 nitrogen and oxygen atoms in total. The predicted octanol–water partition coefficient (Wildman–Crippen LogP) is 3.66. The number of hydroxylamine groups is 2. The molecule has 0 radical (unpaired) electrons. The van der Waals surface area contributed by atoms with E-state index >= 15 is 0 Å². The standard InChI is InChI=1S/C19H15FN2O4/c1-25-22-17(11-18(23)26-14-5-3-2-4-6-14)16-9-12-7-8-13(20)10-15(12)21(16)19(22)24/h2-10,17H,11H2,1H3. The van der Waals surface area contributed by atoms with E-state index < -0.39 is 23.9 Å². The number of para-hydroxylation sites is 1. The lowest BCUT2D eigenvalue weighted by Crippen LogP contribution is -2.30. The van der Waals surface area contributed by atoms with Gasteiger partial charge < -0.3 is 4.74 Å². The van der Waals surface area contributed by atoms with E-state index in [-0.39, 0.29) is 6.42 Å². The Morgan fingerprint density at radius 3 is 2.65 bits per heavy atom. The molecule has 2 aromatic carbocycles. The van der Waals surface area contributed by atoms with E-state index in [1.165, 1.54) is 23.8 Å². The molecule has 0 spiro atoms. The third-order valence-corrected chi connectivity index (χ3v) is 4.33. The van der Waals surface area contributed by atoms with Gasteiger partial charge in [-0.1, -0.05) is 18.2 Å². The van der Waals surface area contributed by atoms with Crippen LogP contribution >= 0.6 is 0 Å². The van der Waals surface area contributed by atoms with Gasteiger partial charge in [0.15, 0.2) is 0 Å². The molecular formula is C19H15FN2O4. The fraction of sp³-hybridized carbons (Fsp3) is 0.158. The fourth-order valence-electron chi connectivity index (χ4n) is 3.22. The molecule has 1 aromatic heterocycles. The Labute approximate surface area is 148 Å². The molecule has 0 aliphatic carbocycles. The molecule has 1 aliphatic heterocycles. The molecule has 0 bridgehead atoms. The van der Waals surface area contributed by atoms with Crippen LogP contribution in [-0.2, 0) is 9.63 Å². The first-order chi connectivity index (χ1) is 12.6. The van der Waals surface area contributed by atoms with Gasteiger partial charge in [0, 0.05) is 5.39 Å². The van der Waals surface area contributed by atoms with E-state index in [4.69, 9.17) is 9.57 Å². The molecule has 132 valence electrons. The Bertz CT molecular complexity index is 999. The SMILES string of the molecule is CON1C(=O)n2c(cc3ccc(F)cc32)C1CC(=O)Oc1ccccc1. The number of carbonyl (C=O) groups is 2. The number of fused-ring (bicyclic) bond motifs is 3. The van der Waals surface area contributed by atoms with Crippen molar-refractivity contribution in [3.63, 3.8) is 0 Å². The van der Waals surface area contributed by atoms with E-state index in [0.717, 1.165) is 5.06 Å². The molecule has 1 atom stereocenters. The van der Waals surface area contributed by atoms with Gasteiger partial charge in [0.05, 0.1) is 24.7 Å². The second kappa shape index (κ2) is 6.27. The summed E-state index contributed by atoms with van der Waals surface area (Å²) in [6, 6.07) is 13.5. The zero-order valence-electron chi connectivity index (χ0n) is 13.9. The van der Waals surface area contributed by atoms with E-state index in [0.29, 0.717) is 22.3 Å². The van der Waals surface area contributed by atoms with Crippen LogP contribution in [0.25, 0.3) is 10.9 Å². The first kappa shape index (κ1) is 16.3. The first-order valence-electron chi connectivity index (χ1n) is 8.03. The summed E-state index contributed by atoms with van der Waals surface area (Å²) in [7, 11) is 1.35. The van der Waals surface area contributed by atoms with Crippen molar-refractivity contribution >= 4 is 22.9 Å². The van der Waals surface area contributed by atoms with E-state index in [1.54, 1.807) is 36.4 Å². The molecule has 0 saturated carbocycles. The van der Waals surface area contributed by atoms with Gasteiger partial charge >= 0.3 is 12.0 Å². The molecule has 4 rings (SSSR count). The maximum Gasteiger partial charge on any atom is 0.353 e. The fourth-order valence-corrected chi connectivity index (χ4v) is 3.22. The number of nitrogens with zero attached hydrogens (tertiary/aromatic N) is 2. The maximum absolute atomic E-state index is 13.6. The summed E-state index contributed by atoms with van der Waals surface area (Å²) in [5.74, 6) is -0.517. The third kappa shape index (κ3) is 2.62. The van der Waals surface area contributed by atoms with Gasteiger partial charge in [-0.25, -0.2) is 9.18 Å². The van der Waals surface area contributed by atoms with Crippen LogP contribution in [0, 0.1) is 5.82 Å². The zero-order chi connectivity index (χ0) is 18.3. The van der Waals surface area contributed by atoms with Crippen LogP contribution in [0.15, 0.2) is 54.6 Å². The molecule has 7 heteroatoms. The average Bonchev–Trinajstić information content (AvgIpc) is 3.11. The Morgan fingerprint density at radius 2 is 1.92 bits per heavy atom. The number of hydrogen-bond donors (Lipinski definition) is 0. The molecule has 1 amide bonds. The van der Waals surface area contributed by atoms with E-state index in [2.05, 4.69) is 0 Å². The molecule has 0 saturated heterocycles. The van der Waals surface area contributed by atoms with E-state index in [9.17, 15) is 14.0 Å². The van der Waals surface area contributed by atoms with Crippen molar-refractivity contribution in [3.8, 4) is 5.75 Å². The second-order valence-electron chi connectivity index (χ2n) is 5.91. The highest BCUT2D eigenvalue weighted by atomic mass is 19.1. The number of ether oxygens (including phenoxy) is 1. The molecule has 1 aliphatic rings. The number of halogens is 1. The van der Waals surface area contributed by atoms with Gasteiger partial charge in [0.1, 0.15) is 17.6 Å². The monoisotopic (exact) mass is 354 g/mol. The lowest BCUT2D eigenvalue weighted by Gasteiger charge is -2.20. The highest BCUT2D eigenvalue weighted by Gasteiger charge is 2.40. The normalized spacial score (nSPS) is 16.2. The average molecular weight is 354 g/mol. The maximum atomic E-state index is 13.6. The van der Waals surface area contributed by atoms with Crippen molar-refractivity contribution in [1.29, 1.82) is 0 Å². The molecule has 2 heterocycles. The molecule has 3 aromatic rings. The van der Waals surface area contributed by atoms with Crippen molar-refractivity contribution in [2.24, 2.45) is 0 Å². The number of hydrogen-bond acceptors (Lipinski definition) is 4. The van der Waals surface area contributed by atoms with Gasteiger partial charge in [-0.05, 0) is 36.4 Å². The minimum atomic E-state index is -0.654. The third-order valence-electron chi connectivity index (χ3n) is 4.33. The van der Waals surface area contributed by atoms with Crippen LogP contribution in [0.2, 0.25) is 0 Å². The van der Waals surface area contributed by atoms with Crippen molar-refractivity contribution in [1.82, 2.24) is 9.63 Å². The van der Waals surface area contributed by atoms with E-state index in [1.807, 2.05) is 6.07 Å². The topological polar surface area (TPSA) is 60.8 Å². The van der Waals surface area contributed by atoms with Gasteiger partial charge in [-0.3, -0.25) is 14.2 Å². The Kier molecular flexibility index (Phi) is 3.93. The number of amides is 1. The van der Waals surface area contributed by atoms with Crippen LogP contribution in [0.5, 0.6) is 5.75 Å². The highest BCUT2D eigenvalue weighted by molar-refractivity contribution is 5.95. The number of carbonyl (C=O) groups excluding carboxylic acids is 2. The Morgan fingerprint density at radius 1 is 1.15 bits per heavy atom. The Balaban J connectivity index is 1.67. The number of esters is 1. The summed E-state index contributed by atoms with van der Waals surface area (Å²) in [5.41, 5.74) is 0.994. The van der Waals surface area contributed by atoms with Crippen molar-refractivity contribution in [2.45, 2.75) is 12.5 Å². The van der Waals surface area contributed by atoms with Crippen molar-refractivity contribution in [3.05, 3.63) is 66.1 Å². The van der Waals surface area contributed by atoms with Gasteiger partial charge in [0.25, 0.3) is 0 Å². The minimum Gasteiger partial charge on any atom is -0.426 e. The second-order valence-corrected chi connectivity index (χ2v) is 5.91. The van der Waals surface area contributed by atoms with Crippen LogP contribution in [0.1, 0.15) is 18.2 Å². The number of benzene rings is 2. The summed E-state index contributed by atoms with van der Waals surface area (Å²) in [5, 5.41) is 1.82. The molecule has 26 heavy (non-hydrogen) atoms. The lowest BCUT2D eigenvalue weighted by atomic mass is 10.1. The van der Waals surface area contributed by atoms with Crippen LogP contribution < -0.4 is 4.74 Å². The summed E-state index contributed by atoms with van der Waals surface area (Å²) in [4.78, 5) is 30.2. The number of rotatable bonds is 4. The minimum absolute atomic E-state index is 0.0900. The largest absolute Gasteiger partial charge is 0.426 e. The first-order valence-corrected chi connectivity index (χ1v) is 8.03. The smallest absolute Gasteiger partial charge is 0.353 e. The van der Waals surface area contributed by atoms with Gasteiger partial charge in [0.2, 0.25) is 0 Å². The summed E-state index contributed by atoms with van der Waals surface area (Å²) in [6.45, 7) is 0. The van der Waals surface area contributed by atoms with Crippen molar-refractivity contribution in [2.75, 3.05) is 7.11 Å². The summed E-state index contributed by atoms with van der Waals surface area (Å²) < 4.78 is 20.3. The van der Waals surface area contributed by atoms with Crippen LogP contribution in [0.4, 0.5) is 9.18 Å². The summed E-state index contributed by atoms with van der Waals surface area (Å²) in [6.07, 6.45) is -0.0900. The van der Waals surface area contributed by atoms with Gasteiger partial charge in [-0.2, -0.15) is 5.06 Å². The highest BCUT2D eigenvalue weighted by Crippen LogP contribution is 2.37. The molecular weight excluding hydrogens is 339 g/mol. The predicted molar refractivity (Wildman–Crippen MR) is 91.0 cm³/mol. The van der Waals surface area contributed by atoms with Crippen LogP contribution in [-0.4, -0.2) is 28.7 Å². The molecule has 0 N–H and O–H groups in total. The van der Waals surface area contributed by atoms with Crippen LogP contribution in [0.3, 0.4) is 0 Å². The molecule has 0 fully saturated rings. The zero-order valence-corrected chi connectivity index (χ0v) is 13.9. The summed E-state index contributed by atoms with van der Waals surface area (Å²) >= 11 is 0. The lowest BCUT2D eigenvalue weighted by molar-refractivity contribution is -0.143.